The van der Waals surface area contributed by atoms with Gasteiger partial charge in [0.15, 0.2) is 5.60 Å². The lowest BCUT2D eigenvalue weighted by molar-refractivity contribution is -0.142. The summed E-state index contributed by atoms with van der Waals surface area (Å²) >= 11 is 0. The number of hydrogen-bond donors (Lipinski definition) is 2. The monoisotopic (exact) mass is 259 g/mol. The van der Waals surface area contributed by atoms with Crippen molar-refractivity contribution in [2.24, 2.45) is 10.9 Å². The van der Waals surface area contributed by atoms with Crippen molar-refractivity contribution in [3.05, 3.63) is 35.4 Å². The normalized spacial score (nSPS) is 35.9. The van der Waals surface area contributed by atoms with Gasteiger partial charge in [-0.15, -0.1) is 0 Å². The first-order chi connectivity index (χ1) is 8.84. The van der Waals surface area contributed by atoms with Gasteiger partial charge in [-0.2, -0.15) is 0 Å². The van der Waals surface area contributed by atoms with E-state index in [2.05, 4.69) is 4.99 Å². The zero-order valence-corrected chi connectivity index (χ0v) is 10.5. The van der Waals surface area contributed by atoms with E-state index in [-0.39, 0.29) is 22.6 Å². The van der Waals surface area contributed by atoms with Crippen LogP contribution in [0.5, 0.6) is 0 Å². The number of fused-ring (bicyclic) bond motifs is 3. The summed E-state index contributed by atoms with van der Waals surface area (Å²) in [7, 11) is 0. The van der Waals surface area contributed by atoms with E-state index in [1.165, 1.54) is 19.9 Å². The fourth-order valence-electron chi connectivity index (χ4n) is 3.24. The molecule has 0 radical (unpaired) electrons. The molecule has 5 heteroatoms. The molecule has 0 saturated carbocycles. The molecule has 1 aromatic carbocycles. The highest BCUT2D eigenvalue weighted by Gasteiger charge is 2.71. The third-order valence-electron chi connectivity index (χ3n) is 4.01. The summed E-state index contributed by atoms with van der Waals surface area (Å²) in [6.07, 6.45) is 0. The van der Waals surface area contributed by atoms with Gasteiger partial charge >= 0.3 is 0 Å². The van der Waals surface area contributed by atoms with Crippen molar-refractivity contribution in [1.29, 1.82) is 0 Å². The molecule has 3 atom stereocenters. The van der Waals surface area contributed by atoms with Crippen LogP contribution in [0.1, 0.15) is 29.8 Å². The molecule has 3 rings (SSSR count). The largest absolute Gasteiger partial charge is 0.376 e. The highest BCUT2D eigenvalue weighted by Crippen LogP contribution is 2.53. The maximum Gasteiger partial charge on any atom is 0.220 e. The summed E-state index contributed by atoms with van der Waals surface area (Å²) in [6.45, 7) is 2.82. The molecular weight excluding hydrogens is 246 g/mol. The molecule has 2 N–H and O–H groups in total. The Kier molecular flexibility index (Phi) is 2.17. The topological polar surface area (TPSA) is 87.0 Å². The van der Waals surface area contributed by atoms with E-state index in [4.69, 9.17) is 0 Å². The molecule has 1 unspecified atom stereocenters. The Morgan fingerprint density at radius 2 is 1.95 bits per heavy atom. The Balaban J connectivity index is 2.33. The summed E-state index contributed by atoms with van der Waals surface area (Å²) < 4.78 is 0. The average Bonchev–Trinajstić information content (AvgIpc) is 2.65. The third kappa shape index (κ3) is 1.14. The highest BCUT2D eigenvalue weighted by molar-refractivity contribution is 6.19. The summed E-state index contributed by atoms with van der Waals surface area (Å²) in [5.41, 5.74) is -3.52. The molecule has 0 saturated heterocycles. The Morgan fingerprint density at radius 1 is 1.32 bits per heavy atom. The van der Waals surface area contributed by atoms with Crippen molar-refractivity contribution < 1.29 is 19.8 Å². The van der Waals surface area contributed by atoms with Gasteiger partial charge in [0.2, 0.25) is 11.5 Å². The summed E-state index contributed by atoms with van der Waals surface area (Å²) in [4.78, 5) is 28.2. The minimum absolute atomic E-state index is 0.218. The number of carbonyl (C=O) groups excluding carboxylic acids is 2. The van der Waals surface area contributed by atoms with Crippen LogP contribution in [0.25, 0.3) is 0 Å². The van der Waals surface area contributed by atoms with Gasteiger partial charge in [0.1, 0.15) is 5.78 Å². The van der Waals surface area contributed by atoms with E-state index >= 15 is 0 Å². The molecule has 0 amide bonds. The minimum atomic E-state index is -2.22. The van der Waals surface area contributed by atoms with Gasteiger partial charge in [-0.25, -0.2) is 0 Å². The van der Waals surface area contributed by atoms with Crippen LogP contribution in [0.15, 0.2) is 29.3 Å². The number of carbonyl (C=O) groups is 2. The van der Waals surface area contributed by atoms with Crippen LogP contribution in [0, 0.1) is 5.92 Å². The molecule has 1 aromatic rings. The van der Waals surface area contributed by atoms with Crippen molar-refractivity contribution in [2.45, 2.75) is 25.2 Å². The highest BCUT2D eigenvalue weighted by atomic mass is 16.4. The molecular formula is C14H13NO4. The van der Waals surface area contributed by atoms with E-state index in [9.17, 15) is 19.8 Å². The molecule has 1 aliphatic carbocycles. The van der Waals surface area contributed by atoms with Crippen molar-refractivity contribution in [1.82, 2.24) is 0 Å². The van der Waals surface area contributed by atoms with Crippen LogP contribution in [-0.2, 0) is 10.5 Å². The van der Waals surface area contributed by atoms with Gasteiger partial charge in [-0.05, 0) is 13.8 Å². The Bertz CT molecular complexity index is 651. The summed E-state index contributed by atoms with van der Waals surface area (Å²) in [6, 6.07) is 6.37. The fourth-order valence-corrected chi connectivity index (χ4v) is 3.24. The molecule has 2 aliphatic rings. The molecule has 0 spiro atoms. The summed E-state index contributed by atoms with van der Waals surface area (Å²) in [5.74, 6) is -2.13. The second-order valence-electron chi connectivity index (χ2n) is 5.11. The number of ketones is 2. The van der Waals surface area contributed by atoms with Crippen molar-refractivity contribution in [3.63, 3.8) is 0 Å². The molecule has 98 valence electrons. The van der Waals surface area contributed by atoms with E-state index in [0.717, 1.165) is 0 Å². The number of rotatable bonds is 1. The summed E-state index contributed by atoms with van der Waals surface area (Å²) in [5, 5.41) is 21.4. The lowest BCUT2D eigenvalue weighted by Gasteiger charge is -2.31. The maximum absolute atomic E-state index is 12.4. The lowest BCUT2D eigenvalue weighted by Crippen LogP contribution is -2.55. The molecule has 0 bridgehead atoms. The minimum Gasteiger partial charge on any atom is -0.376 e. The van der Waals surface area contributed by atoms with Gasteiger partial charge < -0.3 is 10.2 Å². The maximum atomic E-state index is 12.4. The van der Waals surface area contributed by atoms with E-state index in [0.29, 0.717) is 0 Å². The molecule has 19 heavy (non-hydrogen) atoms. The standard InChI is InChI=1S/C14H13NO4/c1-7-11(8(2)16)13(18)12(17)9-5-3-4-6-10(9)14(13,19)15-7/h3-6,11,18-19H,1-2H3/t11?,13-,14+/m1/s1. The van der Waals surface area contributed by atoms with Crippen molar-refractivity contribution in [3.8, 4) is 0 Å². The number of nitrogens with zero attached hydrogens (tertiary/aromatic N) is 1. The Morgan fingerprint density at radius 3 is 2.58 bits per heavy atom. The second kappa shape index (κ2) is 3.37. The van der Waals surface area contributed by atoms with E-state index in [1.807, 2.05) is 0 Å². The number of Topliss-reactive ketones (excluding diaryl/α,β-unsaturated/α-hetero) is 2. The molecule has 1 heterocycles. The zero-order chi connectivity index (χ0) is 14.0. The van der Waals surface area contributed by atoms with Crippen LogP contribution in [0.2, 0.25) is 0 Å². The number of aliphatic imine (C=N–C) groups is 1. The number of aliphatic hydroxyl groups is 2. The zero-order valence-electron chi connectivity index (χ0n) is 10.5. The predicted molar refractivity (Wildman–Crippen MR) is 66.9 cm³/mol. The van der Waals surface area contributed by atoms with E-state index < -0.39 is 23.0 Å². The first kappa shape index (κ1) is 12.2. The third-order valence-corrected chi connectivity index (χ3v) is 4.01. The molecule has 0 aromatic heterocycles. The van der Waals surface area contributed by atoms with Gasteiger partial charge in [-0.1, -0.05) is 24.3 Å². The molecule has 0 fully saturated rings. The Labute approximate surface area is 109 Å². The number of hydrogen-bond acceptors (Lipinski definition) is 5. The van der Waals surface area contributed by atoms with E-state index in [1.54, 1.807) is 18.2 Å². The quantitative estimate of drug-likeness (QED) is 0.766. The Hall–Kier alpha value is -1.85. The van der Waals surface area contributed by atoms with Crippen molar-refractivity contribution in [2.75, 3.05) is 0 Å². The van der Waals surface area contributed by atoms with Gasteiger partial charge in [-0.3, -0.25) is 14.6 Å². The smallest absolute Gasteiger partial charge is 0.220 e. The van der Waals surface area contributed by atoms with Crippen LogP contribution in [0.4, 0.5) is 0 Å². The number of benzene rings is 1. The van der Waals surface area contributed by atoms with Gasteiger partial charge in [0, 0.05) is 16.8 Å². The van der Waals surface area contributed by atoms with Crippen LogP contribution in [0.3, 0.4) is 0 Å². The average molecular weight is 259 g/mol. The predicted octanol–water partition coefficient (Wildman–Crippen LogP) is 0.439. The molecule has 5 nitrogen and oxygen atoms in total. The SMILES string of the molecule is CC(=O)C1C(C)=N[C@]2(O)c3ccccc3C(=O)[C@]12O. The lowest BCUT2D eigenvalue weighted by atomic mass is 9.78. The second-order valence-corrected chi connectivity index (χ2v) is 5.11. The van der Waals surface area contributed by atoms with Gasteiger partial charge in [0.05, 0.1) is 5.92 Å². The molecule has 1 aliphatic heterocycles. The van der Waals surface area contributed by atoms with Gasteiger partial charge in [0.25, 0.3) is 0 Å². The van der Waals surface area contributed by atoms with Crippen LogP contribution >= 0.6 is 0 Å². The fraction of sp³-hybridized carbons (Fsp3) is 0.357. The van der Waals surface area contributed by atoms with Crippen molar-refractivity contribution >= 4 is 17.3 Å². The first-order valence-electron chi connectivity index (χ1n) is 6.00. The van der Waals surface area contributed by atoms with Crippen LogP contribution < -0.4 is 0 Å². The first-order valence-corrected chi connectivity index (χ1v) is 6.00. The van der Waals surface area contributed by atoms with Crippen LogP contribution in [-0.4, -0.2) is 33.1 Å².